The SMILES string of the molecule is CCN1CCN(C(=O)c2ccc(-c3cc(Cl)ccc3O)cc2)C(C)C1=O. The van der Waals surface area contributed by atoms with E-state index in [1.165, 1.54) is 6.07 Å². The summed E-state index contributed by atoms with van der Waals surface area (Å²) in [5, 5.41) is 10.5. The summed E-state index contributed by atoms with van der Waals surface area (Å²) in [7, 11) is 0. The lowest BCUT2D eigenvalue weighted by molar-refractivity contribution is -0.139. The van der Waals surface area contributed by atoms with Crippen molar-refractivity contribution in [3.05, 3.63) is 53.1 Å². The minimum Gasteiger partial charge on any atom is -0.507 e. The van der Waals surface area contributed by atoms with E-state index in [2.05, 4.69) is 0 Å². The van der Waals surface area contributed by atoms with Gasteiger partial charge in [-0.15, -0.1) is 0 Å². The summed E-state index contributed by atoms with van der Waals surface area (Å²) < 4.78 is 0. The van der Waals surface area contributed by atoms with E-state index in [4.69, 9.17) is 11.6 Å². The first-order valence-corrected chi connectivity index (χ1v) is 8.99. The van der Waals surface area contributed by atoms with Crippen molar-refractivity contribution >= 4 is 23.4 Å². The first-order valence-electron chi connectivity index (χ1n) is 8.61. The lowest BCUT2D eigenvalue weighted by Gasteiger charge is -2.38. The molecule has 26 heavy (non-hydrogen) atoms. The molecule has 0 aliphatic carbocycles. The number of phenolic OH excluding ortho intramolecular Hbond substituents is 1. The molecular weight excluding hydrogens is 352 g/mol. The van der Waals surface area contributed by atoms with Crippen molar-refractivity contribution in [2.45, 2.75) is 19.9 Å². The number of phenols is 1. The first-order chi connectivity index (χ1) is 12.4. The van der Waals surface area contributed by atoms with Crippen LogP contribution in [0.15, 0.2) is 42.5 Å². The molecule has 2 aromatic rings. The van der Waals surface area contributed by atoms with Crippen molar-refractivity contribution in [3.8, 4) is 16.9 Å². The standard InChI is InChI=1S/C20H21ClN2O3/c1-3-22-10-11-23(13(2)19(22)25)20(26)15-6-4-14(5-7-15)17-12-16(21)8-9-18(17)24/h4-9,12-13,24H,3,10-11H2,1-2H3. The molecule has 6 heteroatoms. The molecule has 0 bridgehead atoms. The average Bonchev–Trinajstić information content (AvgIpc) is 2.65. The fraction of sp³-hybridized carbons (Fsp3) is 0.300. The molecule has 2 aromatic carbocycles. The van der Waals surface area contributed by atoms with Gasteiger partial charge in [-0.05, 0) is 49.7 Å². The molecule has 1 heterocycles. The largest absolute Gasteiger partial charge is 0.507 e. The van der Waals surface area contributed by atoms with Crippen LogP contribution in [0.1, 0.15) is 24.2 Å². The maximum atomic E-state index is 12.8. The van der Waals surface area contributed by atoms with Gasteiger partial charge in [0.1, 0.15) is 11.8 Å². The molecule has 0 aromatic heterocycles. The van der Waals surface area contributed by atoms with Crippen molar-refractivity contribution in [2.24, 2.45) is 0 Å². The van der Waals surface area contributed by atoms with E-state index in [9.17, 15) is 14.7 Å². The maximum Gasteiger partial charge on any atom is 0.254 e. The zero-order valence-corrected chi connectivity index (χ0v) is 15.5. The number of hydrogen-bond acceptors (Lipinski definition) is 3. The highest BCUT2D eigenvalue weighted by molar-refractivity contribution is 6.31. The third kappa shape index (κ3) is 3.40. The van der Waals surface area contributed by atoms with Crippen molar-refractivity contribution in [1.29, 1.82) is 0 Å². The highest BCUT2D eigenvalue weighted by atomic mass is 35.5. The van der Waals surface area contributed by atoms with Crippen LogP contribution in [0.2, 0.25) is 5.02 Å². The quantitative estimate of drug-likeness (QED) is 0.898. The molecule has 1 aliphatic rings. The van der Waals surface area contributed by atoms with Crippen LogP contribution in [0.3, 0.4) is 0 Å². The second kappa shape index (κ2) is 7.38. The number of hydrogen-bond donors (Lipinski definition) is 1. The van der Waals surface area contributed by atoms with E-state index in [0.717, 1.165) is 5.56 Å². The summed E-state index contributed by atoms with van der Waals surface area (Å²) in [6.07, 6.45) is 0. The Morgan fingerprint density at radius 2 is 1.88 bits per heavy atom. The minimum atomic E-state index is -0.465. The number of amides is 2. The number of rotatable bonds is 3. The third-order valence-corrected chi connectivity index (χ3v) is 5.03. The highest BCUT2D eigenvalue weighted by Gasteiger charge is 2.33. The number of benzene rings is 2. The van der Waals surface area contributed by atoms with E-state index in [0.29, 0.717) is 35.8 Å². The number of carbonyl (C=O) groups is 2. The van der Waals surface area contributed by atoms with E-state index < -0.39 is 6.04 Å². The van der Waals surface area contributed by atoms with Crippen molar-refractivity contribution in [2.75, 3.05) is 19.6 Å². The van der Waals surface area contributed by atoms with Crippen LogP contribution in [-0.4, -0.2) is 52.4 Å². The van der Waals surface area contributed by atoms with Gasteiger partial charge in [0.2, 0.25) is 5.91 Å². The predicted molar refractivity (Wildman–Crippen MR) is 101 cm³/mol. The van der Waals surface area contributed by atoms with Gasteiger partial charge in [0.25, 0.3) is 5.91 Å². The molecule has 1 saturated heterocycles. The molecule has 2 amide bonds. The molecular formula is C20H21ClN2O3. The highest BCUT2D eigenvalue weighted by Crippen LogP contribution is 2.32. The number of aromatic hydroxyl groups is 1. The number of nitrogens with zero attached hydrogens (tertiary/aromatic N) is 2. The van der Waals surface area contributed by atoms with Crippen LogP contribution in [0.4, 0.5) is 0 Å². The molecule has 1 N–H and O–H groups in total. The molecule has 0 radical (unpaired) electrons. The number of carbonyl (C=O) groups excluding carboxylic acids is 2. The molecule has 0 saturated carbocycles. The Hall–Kier alpha value is -2.53. The smallest absolute Gasteiger partial charge is 0.254 e. The van der Waals surface area contributed by atoms with E-state index >= 15 is 0 Å². The normalized spacial score (nSPS) is 17.5. The fourth-order valence-electron chi connectivity index (χ4n) is 3.22. The molecule has 136 valence electrons. The van der Waals surface area contributed by atoms with Crippen LogP contribution in [0.5, 0.6) is 5.75 Å². The second-order valence-corrected chi connectivity index (χ2v) is 6.77. The molecule has 1 fully saturated rings. The van der Waals surface area contributed by atoms with Gasteiger partial charge in [-0.3, -0.25) is 9.59 Å². The van der Waals surface area contributed by atoms with Gasteiger partial charge in [0.15, 0.2) is 0 Å². The molecule has 5 nitrogen and oxygen atoms in total. The van der Waals surface area contributed by atoms with E-state index in [1.54, 1.807) is 53.1 Å². The Morgan fingerprint density at radius 1 is 1.19 bits per heavy atom. The topological polar surface area (TPSA) is 60.9 Å². The van der Waals surface area contributed by atoms with Gasteiger partial charge in [0.05, 0.1) is 0 Å². The Balaban J connectivity index is 1.81. The average molecular weight is 373 g/mol. The van der Waals surface area contributed by atoms with Crippen LogP contribution < -0.4 is 0 Å². The van der Waals surface area contributed by atoms with Gasteiger partial charge in [0, 0.05) is 35.8 Å². The van der Waals surface area contributed by atoms with Crippen LogP contribution in [0.25, 0.3) is 11.1 Å². The Labute approximate surface area is 157 Å². The van der Waals surface area contributed by atoms with Crippen LogP contribution in [0, 0.1) is 0 Å². The summed E-state index contributed by atoms with van der Waals surface area (Å²) in [6, 6.07) is 11.3. The summed E-state index contributed by atoms with van der Waals surface area (Å²) in [5.74, 6) is -0.0561. The predicted octanol–water partition coefficient (Wildman–Crippen LogP) is 3.41. The Kier molecular flexibility index (Phi) is 5.18. The molecule has 1 unspecified atom stereocenters. The summed E-state index contributed by atoms with van der Waals surface area (Å²) >= 11 is 6.00. The molecule has 1 aliphatic heterocycles. The van der Waals surface area contributed by atoms with Crippen molar-refractivity contribution < 1.29 is 14.7 Å². The zero-order chi connectivity index (χ0) is 18.8. The maximum absolute atomic E-state index is 12.8. The van der Waals surface area contributed by atoms with Crippen LogP contribution >= 0.6 is 11.6 Å². The number of piperazine rings is 1. The van der Waals surface area contributed by atoms with E-state index in [-0.39, 0.29) is 17.6 Å². The van der Waals surface area contributed by atoms with Gasteiger partial charge < -0.3 is 14.9 Å². The van der Waals surface area contributed by atoms with Gasteiger partial charge in [-0.25, -0.2) is 0 Å². The van der Waals surface area contributed by atoms with Crippen molar-refractivity contribution in [1.82, 2.24) is 9.80 Å². The summed E-state index contributed by atoms with van der Waals surface area (Å²) in [6.45, 7) is 5.44. The lowest BCUT2D eigenvalue weighted by Crippen LogP contribution is -2.57. The van der Waals surface area contributed by atoms with Crippen molar-refractivity contribution in [3.63, 3.8) is 0 Å². The van der Waals surface area contributed by atoms with E-state index in [1.807, 2.05) is 6.92 Å². The first kappa shape index (κ1) is 18.3. The molecule has 0 spiro atoms. The van der Waals surface area contributed by atoms with Gasteiger partial charge in [-0.2, -0.15) is 0 Å². The lowest BCUT2D eigenvalue weighted by atomic mass is 10.0. The monoisotopic (exact) mass is 372 g/mol. The number of halogens is 1. The fourth-order valence-corrected chi connectivity index (χ4v) is 3.39. The Morgan fingerprint density at radius 3 is 2.54 bits per heavy atom. The molecule has 1 atom stereocenters. The zero-order valence-electron chi connectivity index (χ0n) is 14.8. The third-order valence-electron chi connectivity index (χ3n) is 4.79. The van der Waals surface area contributed by atoms with Gasteiger partial charge >= 0.3 is 0 Å². The second-order valence-electron chi connectivity index (χ2n) is 6.33. The summed E-state index contributed by atoms with van der Waals surface area (Å²) in [5.41, 5.74) is 1.89. The minimum absolute atomic E-state index is 0.0208. The van der Waals surface area contributed by atoms with Gasteiger partial charge in [-0.1, -0.05) is 23.7 Å². The Bertz CT molecular complexity index is 835. The molecule has 3 rings (SSSR count). The number of likely N-dealkylation sites (N-methyl/N-ethyl adjacent to an activating group) is 1. The van der Waals surface area contributed by atoms with Crippen LogP contribution in [-0.2, 0) is 4.79 Å². The summed E-state index contributed by atoms with van der Waals surface area (Å²) in [4.78, 5) is 28.5.